The molecular weight excluding hydrogens is 342 g/mol. The zero-order valence-electron chi connectivity index (χ0n) is 12.8. The van der Waals surface area contributed by atoms with Crippen LogP contribution in [0.2, 0.25) is 0 Å². The first-order valence-corrected chi connectivity index (χ1v) is 8.08. The van der Waals surface area contributed by atoms with Crippen LogP contribution < -0.4 is 10.1 Å². The molecule has 1 amide bonds. The average Bonchev–Trinajstić information content (AvgIpc) is 2.50. The summed E-state index contributed by atoms with van der Waals surface area (Å²) in [4.78, 5) is 11.9. The highest BCUT2D eigenvalue weighted by Crippen LogP contribution is 2.16. The van der Waals surface area contributed by atoms with Crippen molar-refractivity contribution >= 4 is 21.8 Å². The van der Waals surface area contributed by atoms with Gasteiger partial charge in [-0.25, -0.2) is 0 Å². The van der Waals surface area contributed by atoms with Crippen molar-refractivity contribution in [1.29, 1.82) is 0 Å². The molecule has 116 valence electrons. The summed E-state index contributed by atoms with van der Waals surface area (Å²) in [5.41, 5.74) is 2.27. The van der Waals surface area contributed by atoms with E-state index >= 15 is 0 Å². The van der Waals surface area contributed by atoms with Crippen LogP contribution in [0.15, 0.2) is 53.0 Å². The Bertz CT molecular complexity index is 608. The Kier molecular flexibility index (Phi) is 6.01. The second-order valence-corrected chi connectivity index (χ2v) is 6.17. The standard InChI is InChI=1S/C18H20BrNO2/c1-13-3-9-17(10-4-13)22-12-11-18(21)20-14(2)15-5-7-16(19)8-6-15/h3-10,14H,11-12H2,1-2H3,(H,20,21)/t14-/m0/s1. The molecule has 0 saturated heterocycles. The molecule has 0 radical (unpaired) electrons. The number of rotatable bonds is 6. The number of ether oxygens (including phenoxy) is 1. The van der Waals surface area contributed by atoms with E-state index in [1.54, 1.807) is 0 Å². The van der Waals surface area contributed by atoms with Gasteiger partial charge in [-0.15, -0.1) is 0 Å². The maximum absolute atomic E-state index is 11.9. The van der Waals surface area contributed by atoms with Crippen LogP contribution >= 0.6 is 15.9 Å². The third-order valence-electron chi connectivity index (χ3n) is 3.37. The first kappa shape index (κ1) is 16.6. The molecule has 2 aromatic carbocycles. The molecular formula is C18H20BrNO2. The molecule has 0 heterocycles. The summed E-state index contributed by atoms with van der Waals surface area (Å²) in [6, 6.07) is 15.7. The van der Waals surface area contributed by atoms with E-state index in [4.69, 9.17) is 4.74 Å². The number of hydrogen-bond donors (Lipinski definition) is 1. The molecule has 2 rings (SSSR count). The molecule has 0 fully saturated rings. The summed E-state index contributed by atoms with van der Waals surface area (Å²) in [6.45, 7) is 4.38. The van der Waals surface area contributed by atoms with Crippen molar-refractivity contribution in [3.8, 4) is 5.75 Å². The van der Waals surface area contributed by atoms with Crippen molar-refractivity contribution < 1.29 is 9.53 Å². The summed E-state index contributed by atoms with van der Waals surface area (Å²) >= 11 is 3.40. The quantitative estimate of drug-likeness (QED) is 0.827. The van der Waals surface area contributed by atoms with E-state index in [1.165, 1.54) is 5.56 Å². The summed E-state index contributed by atoms with van der Waals surface area (Å²) in [7, 11) is 0. The summed E-state index contributed by atoms with van der Waals surface area (Å²) < 4.78 is 6.60. The Morgan fingerprint density at radius 1 is 1.14 bits per heavy atom. The van der Waals surface area contributed by atoms with E-state index in [0.29, 0.717) is 13.0 Å². The van der Waals surface area contributed by atoms with Crippen LogP contribution in [-0.2, 0) is 4.79 Å². The molecule has 4 heteroatoms. The zero-order valence-corrected chi connectivity index (χ0v) is 14.4. The predicted octanol–water partition coefficient (Wildman–Crippen LogP) is 4.40. The van der Waals surface area contributed by atoms with E-state index in [2.05, 4.69) is 21.2 Å². The molecule has 0 bridgehead atoms. The van der Waals surface area contributed by atoms with Gasteiger partial charge >= 0.3 is 0 Å². The van der Waals surface area contributed by atoms with Crippen molar-refractivity contribution in [2.45, 2.75) is 26.3 Å². The van der Waals surface area contributed by atoms with E-state index < -0.39 is 0 Å². The predicted molar refractivity (Wildman–Crippen MR) is 92.0 cm³/mol. The van der Waals surface area contributed by atoms with Crippen LogP contribution in [0.3, 0.4) is 0 Å². The van der Waals surface area contributed by atoms with E-state index in [-0.39, 0.29) is 11.9 Å². The van der Waals surface area contributed by atoms with Crippen molar-refractivity contribution in [2.75, 3.05) is 6.61 Å². The van der Waals surface area contributed by atoms with Gasteiger partial charge in [0.25, 0.3) is 0 Å². The van der Waals surface area contributed by atoms with Gasteiger partial charge in [0, 0.05) is 4.47 Å². The smallest absolute Gasteiger partial charge is 0.223 e. The summed E-state index contributed by atoms with van der Waals surface area (Å²) in [5.74, 6) is 0.780. The molecule has 0 aliphatic rings. The first-order valence-electron chi connectivity index (χ1n) is 7.29. The molecule has 1 N–H and O–H groups in total. The lowest BCUT2D eigenvalue weighted by atomic mass is 10.1. The van der Waals surface area contributed by atoms with Crippen molar-refractivity contribution in [3.05, 3.63) is 64.1 Å². The Labute approximate surface area is 139 Å². The summed E-state index contributed by atoms with van der Waals surface area (Å²) in [5, 5.41) is 2.98. The Balaban J connectivity index is 1.75. The van der Waals surface area contributed by atoms with Crippen LogP contribution in [0.25, 0.3) is 0 Å². The Morgan fingerprint density at radius 2 is 1.77 bits per heavy atom. The van der Waals surface area contributed by atoms with Crippen LogP contribution in [0.1, 0.15) is 30.5 Å². The van der Waals surface area contributed by atoms with E-state index in [1.807, 2.05) is 62.4 Å². The van der Waals surface area contributed by atoms with Gasteiger partial charge in [0.15, 0.2) is 0 Å². The van der Waals surface area contributed by atoms with Gasteiger partial charge in [0.1, 0.15) is 5.75 Å². The molecule has 3 nitrogen and oxygen atoms in total. The largest absolute Gasteiger partial charge is 0.493 e. The molecule has 2 aromatic rings. The fourth-order valence-corrected chi connectivity index (χ4v) is 2.31. The number of benzene rings is 2. The molecule has 22 heavy (non-hydrogen) atoms. The van der Waals surface area contributed by atoms with Gasteiger partial charge in [-0.1, -0.05) is 45.8 Å². The highest BCUT2D eigenvalue weighted by Gasteiger charge is 2.09. The molecule has 0 unspecified atom stereocenters. The van der Waals surface area contributed by atoms with Crippen LogP contribution in [0.4, 0.5) is 0 Å². The minimum atomic E-state index is -0.0139. The maximum atomic E-state index is 11.9. The normalized spacial score (nSPS) is 11.8. The second-order valence-electron chi connectivity index (χ2n) is 5.25. The van der Waals surface area contributed by atoms with Gasteiger partial charge < -0.3 is 10.1 Å². The first-order chi connectivity index (χ1) is 10.5. The number of aryl methyl sites for hydroxylation is 1. The number of carbonyl (C=O) groups is 1. The SMILES string of the molecule is Cc1ccc(OCCC(=O)N[C@@H](C)c2ccc(Br)cc2)cc1. The van der Waals surface area contributed by atoms with Gasteiger partial charge in [0.05, 0.1) is 19.1 Å². The monoisotopic (exact) mass is 361 g/mol. The van der Waals surface area contributed by atoms with E-state index in [0.717, 1.165) is 15.8 Å². The highest BCUT2D eigenvalue weighted by molar-refractivity contribution is 9.10. The zero-order chi connectivity index (χ0) is 15.9. The van der Waals surface area contributed by atoms with Gasteiger partial charge in [-0.3, -0.25) is 4.79 Å². The van der Waals surface area contributed by atoms with Crippen molar-refractivity contribution in [2.24, 2.45) is 0 Å². The lowest BCUT2D eigenvalue weighted by molar-refractivity contribution is -0.122. The van der Waals surface area contributed by atoms with Gasteiger partial charge in [-0.2, -0.15) is 0 Å². The molecule has 0 aliphatic heterocycles. The minimum Gasteiger partial charge on any atom is -0.493 e. The third-order valence-corrected chi connectivity index (χ3v) is 3.90. The fourth-order valence-electron chi connectivity index (χ4n) is 2.04. The number of carbonyl (C=O) groups excluding carboxylic acids is 1. The Hall–Kier alpha value is -1.81. The molecule has 0 spiro atoms. The minimum absolute atomic E-state index is 0.0115. The Morgan fingerprint density at radius 3 is 2.41 bits per heavy atom. The van der Waals surface area contributed by atoms with Crippen LogP contribution in [0, 0.1) is 6.92 Å². The topological polar surface area (TPSA) is 38.3 Å². The van der Waals surface area contributed by atoms with E-state index in [9.17, 15) is 4.79 Å². The third kappa shape index (κ3) is 5.19. The molecule has 0 saturated carbocycles. The number of amides is 1. The number of nitrogens with one attached hydrogen (secondary N) is 1. The van der Waals surface area contributed by atoms with Crippen LogP contribution in [-0.4, -0.2) is 12.5 Å². The second kappa shape index (κ2) is 7.99. The highest BCUT2D eigenvalue weighted by atomic mass is 79.9. The number of halogens is 1. The van der Waals surface area contributed by atoms with Crippen molar-refractivity contribution in [1.82, 2.24) is 5.32 Å². The average molecular weight is 362 g/mol. The molecule has 0 aliphatic carbocycles. The fraction of sp³-hybridized carbons (Fsp3) is 0.278. The molecule has 1 atom stereocenters. The molecule has 0 aromatic heterocycles. The van der Waals surface area contributed by atoms with Gasteiger partial charge in [0.2, 0.25) is 5.91 Å². The summed E-state index contributed by atoms with van der Waals surface area (Å²) in [6.07, 6.45) is 0.342. The van der Waals surface area contributed by atoms with Gasteiger partial charge in [-0.05, 0) is 43.7 Å². The number of hydrogen-bond acceptors (Lipinski definition) is 2. The van der Waals surface area contributed by atoms with Crippen molar-refractivity contribution in [3.63, 3.8) is 0 Å². The maximum Gasteiger partial charge on any atom is 0.223 e. The lowest BCUT2D eigenvalue weighted by Crippen LogP contribution is -2.27. The lowest BCUT2D eigenvalue weighted by Gasteiger charge is -2.14. The van der Waals surface area contributed by atoms with Crippen LogP contribution in [0.5, 0.6) is 5.75 Å².